The molecule has 1 N–H and O–H groups in total. The van der Waals surface area contributed by atoms with Gasteiger partial charge in [-0.25, -0.2) is 0 Å². The highest BCUT2D eigenvalue weighted by molar-refractivity contribution is 6.34. The Morgan fingerprint density at radius 1 is 1.22 bits per heavy atom. The fraction of sp³-hybridized carbons (Fsp3) is 0.294. The lowest BCUT2D eigenvalue weighted by molar-refractivity contribution is -0.116. The number of pyridine rings is 1. The molecule has 4 nitrogen and oxygen atoms in total. The largest absolute Gasteiger partial charge is 0.325 e. The first-order valence-corrected chi connectivity index (χ1v) is 8.19. The Morgan fingerprint density at radius 3 is 2.57 bits per heavy atom. The summed E-state index contributed by atoms with van der Waals surface area (Å²) in [6.45, 7) is 2.01. The quantitative estimate of drug-likeness (QED) is 0.849. The number of halogens is 2. The van der Waals surface area contributed by atoms with Crippen molar-refractivity contribution in [3.05, 3.63) is 62.5 Å². The summed E-state index contributed by atoms with van der Waals surface area (Å²) in [5.41, 5.74) is 1.49. The molecule has 122 valence electrons. The number of aryl methyl sites for hydroxylation is 1. The molecule has 0 aliphatic rings. The molecule has 0 saturated carbocycles. The van der Waals surface area contributed by atoms with Crippen LogP contribution in [0.1, 0.15) is 25.3 Å². The number of anilines is 1. The third-order valence-electron chi connectivity index (χ3n) is 3.38. The maximum absolute atomic E-state index is 12.1. The van der Waals surface area contributed by atoms with Crippen LogP contribution in [0.4, 0.5) is 5.69 Å². The van der Waals surface area contributed by atoms with Gasteiger partial charge >= 0.3 is 0 Å². The highest BCUT2D eigenvalue weighted by atomic mass is 35.5. The molecule has 1 aromatic carbocycles. The second-order valence-corrected chi connectivity index (χ2v) is 6.13. The molecule has 2 aromatic rings. The van der Waals surface area contributed by atoms with Crippen molar-refractivity contribution in [2.24, 2.45) is 0 Å². The first-order valence-electron chi connectivity index (χ1n) is 7.44. The fourth-order valence-corrected chi connectivity index (χ4v) is 2.68. The van der Waals surface area contributed by atoms with Crippen LogP contribution in [0.5, 0.6) is 0 Å². The number of hydrogen-bond acceptors (Lipinski definition) is 2. The van der Waals surface area contributed by atoms with Gasteiger partial charge in [0, 0.05) is 11.9 Å². The van der Waals surface area contributed by atoms with Gasteiger partial charge in [-0.15, -0.1) is 0 Å². The van der Waals surface area contributed by atoms with Gasteiger partial charge in [-0.3, -0.25) is 9.59 Å². The molecule has 0 aliphatic heterocycles. The Morgan fingerprint density at radius 2 is 1.91 bits per heavy atom. The van der Waals surface area contributed by atoms with Crippen molar-refractivity contribution in [2.45, 2.75) is 32.7 Å². The van der Waals surface area contributed by atoms with Crippen LogP contribution in [0, 0.1) is 0 Å². The highest BCUT2D eigenvalue weighted by Gasteiger charge is 2.09. The van der Waals surface area contributed by atoms with Gasteiger partial charge in [-0.05, 0) is 36.6 Å². The number of hydrogen-bond donors (Lipinski definition) is 1. The molecule has 0 unspecified atom stereocenters. The van der Waals surface area contributed by atoms with E-state index in [0.717, 1.165) is 19.3 Å². The van der Waals surface area contributed by atoms with Crippen LogP contribution in [0.3, 0.4) is 0 Å². The minimum absolute atomic E-state index is 0.00872. The van der Waals surface area contributed by atoms with E-state index in [2.05, 4.69) is 12.2 Å². The van der Waals surface area contributed by atoms with Gasteiger partial charge in [0.15, 0.2) is 0 Å². The predicted octanol–water partition coefficient (Wildman–Crippen LogP) is 4.14. The Hall–Kier alpha value is -1.78. The molecular formula is C17H18Cl2N2O2. The number of nitrogens with one attached hydrogen (secondary N) is 1. The van der Waals surface area contributed by atoms with Crippen molar-refractivity contribution in [1.82, 2.24) is 4.57 Å². The second kappa shape index (κ2) is 8.18. The summed E-state index contributed by atoms with van der Waals surface area (Å²) >= 11 is 11.6. The number of aromatic nitrogens is 1. The van der Waals surface area contributed by atoms with Gasteiger partial charge in [0.1, 0.15) is 11.6 Å². The number of carbonyl (C=O) groups is 1. The molecule has 23 heavy (non-hydrogen) atoms. The summed E-state index contributed by atoms with van der Waals surface area (Å²) in [6, 6.07) is 9.06. The molecule has 0 spiro atoms. The van der Waals surface area contributed by atoms with Gasteiger partial charge in [0.25, 0.3) is 5.56 Å². The Labute approximate surface area is 145 Å². The fourth-order valence-electron chi connectivity index (χ4n) is 2.17. The molecule has 0 aliphatic carbocycles. The monoisotopic (exact) mass is 352 g/mol. The van der Waals surface area contributed by atoms with E-state index >= 15 is 0 Å². The second-order valence-electron chi connectivity index (χ2n) is 5.29. The van der Waals surface area contributed by atoms with Gasteiger partial charge in [0.05, 0.1) is 5.02 Å². The van der Waals surface area contributed by atoms with E-state index in [9.17, 15) is 9.59 Å². The Balaban J connectivity index is 2.01. The molecule has 0 fully saturated rings. The summed E-state index contributed by atoms with van der Waals surface area (Å²) in [5.74, 6) is -0.313. The van der Waals surface area contributed by atoms with Crippen molar-refractivity contribution in [3.8, 4) is 0 Å². The van der Waals surface area contributed by atoms with E-state index in [1.165, 1.54) is 22.4 Å². The van der Waals surface area contributed by atoms with E-state index in [4.69, 9.17) is 23.2 Å². The van der Waals surface area contributed by atoms with Crippen LogP contribution in [-0.2, 0) is 17.8 Å². The SMILES string of the molecule is CCCCc1ccc(NC(=O)Cn2cc(Cl)cc(Cl)c2=O)cc1. The van der Waals surface area contributed by atoms with Crippen molar-refractivity contribution < 1.29 is 4.79 Å². The van der Waals surface area contributed by atoms with Crippen LogP contribution in [0.25, 0.3) is 0 Å². The highest BCUT2D eigenvalue weighted by Crippen LogP contribution is 2.13. The van der Waals surface area contributed by atoms with Gasteiger partial charge < -0.3 is 9.88 Å². The molecule has 1 heterocycles. The van der Waals surface area contributed by atoms with Crippen molar-refractivity contribution in [2.75, 3.05) is 5.32 Å². The molecule has 0 atom stereocenters. The van der Waals surface area contributed by atoms with Crippen molar-refractivity contribution >= 4 is 34.8 Å². The first kappa shape index (κ1) is 17.6. The summed E-state index contributed by atoms with van der Waals surface area (Å²) < 4.78 is 1.19. The number of rotatable bonds is 6. The molecule has 1 aromatic heterocycles. The lowest BCUT2D eigenvalue weighted by Crippen LogP contribution is -2.27. The average Bonchev–Trinajstić information content (AvgIpc) is 2.51. The minimum Gasteiger partial charge on any atom is -0.325 e. The zero-order valence-electron chi connectivity index (χ0n) is 12.8. The molecule has 1 amide bonds. The van der Waals surface area contributed by atoms with E-state index in [1.807, 2.05) is 24.3 Å². The minimum atomic E-state index is -0.443. The molecular weight excluding hydrogens is 335 g/mol. The number of carbonyl (C=O) groups excluding carboxylic acids is 1. The first-order chi connectivity index (χ1) is 11.0. The molecule has 2 rings (SSSR count). The maximum Gasteiger partial charge on any atom is 0.269 e. The van der Waals surface area contributed by atoms with E-state index < -0.39 is 5.56 Å². The topological polar surface area (TPSA) is 51.1 Å². The van der Waals surface area contributed by atoms with Crippen molar-refractivity contribution in [3.63, 3.8) is 0 Å². The lowest BCUT2D eigenvalue weighted by atomic mass is 10.1. The maximum atomic E-state index is 12.1. The normalized spacial score (nSPS) is 10.6. The Kier molecular flexibility index (Phi) is 6.25. The summed E-state index contributed by atoms with van der Waals surface area (Å²) in [7, 11) is 0. The van der Waals surface area contributed by atoms with Crippen molar-refractivity contribution in [1.29, 1.82) is 0 Å². The summed E-state index contributed by atoms with van der Waals surface area (Å²) in [4.78, 5) is 23.9. The van der Waals surface area contributed by atoms with E-state index in [0.29, 0.717) is 10.7 Å². The smallest absolute Gasteiger partial charge is 0.269 e. The molecule has 0 radical (unpaired) electrons. The van der Waals surface area contributed by atoms with E-state index in [1.54, 1.807) is 0 Å². The lowest BCUT2D eigenvalue weighted by Gasteiger charge is -2.09. The Bertz CT molecular complexity index is 739. The zero-order chi connectivity index (χ0) is 16.8. The van der Waals surface area contributed by atoms with Gasteiger partial charge in [-0.1, -0.05) is 48.7 Å². The van der Waals surface area contributed by atoms with E-state index in [-0.39, 0.29) is 17.5 Å². The third-order valence-corrected chi connectivity index (χ3v) is 3.86. The zero-order valence-corrected chi connectivity index (χ0v) is 14.3. The van der Waals surface area contributed by atoms with Crippen LogP contribution < -0.4 is 10.9 Å². The molecule has 0 saturated heterocycles. The van der Waals surface area contributed by atoms with Crippen LogP contribution in [0.2, 0.25) is 10.0 Å². The van der Waals surface area contributed by atoms with Gasteiger partial charge in [0.2, 0.25) is 5.91 Å². The van der Waals surface area contributed by atoms with Crippen LogP contribution >= 0.6 is 23.2 Å². The number of amides is 1. The number of benzene rings is 1. The average molecular weight is 353 g/mol. The predicted molar refractivity (Wildman–Crippen MR) is 94.4 cm³/mol. The number of unbranched alkanes of at least 4 members (excludes halogenated alkanes) is 1. The van der Waals surface area contributed by atoms with Gasteiger partial charge in [-0.2, -0.15) is 0 Å². The third kappa shape index (κ3) is 5.12. The standard InChI is InChI=1S/C17H18Cl2N2O2/c1-2-3-4-12-5-7-14(8-6-12)20-16(22)11-21-10-13(18)9-15(19)17(21)23/h5-10H,2-4,11H2,1H3,(H,20,22). The molecule has 6 heteroatoms. The van der Waals surface area contributed by atoms with Crippen LogP contribution in [0.15, 0.2) is 41.3 Å². The summed E-state index contributed by atoms with van der Waals surface area (Å²) in [6.07, 6.45) is 4.71. The van der Waals surface area contributed by atoms with Crippen LogP contribution in [-0.4, -0.2) is 10.5 Å². The summed E-state index contributed by atoms with van der Waals surface area (Å²) in [5, 5.41) is 3.05. The molecule has 0 bridgehead atoms. The number of nitrogens with zero attached hydrogens (tertiary/aromatic N) is 1.